The van der Waals surface area contributed by atoms with Crippen molar-refractivity contribution in [3.05, 3.63) is 59.9 Å². The van der Waals surface area contributed by atoms with Crippen LogP contribution in [0.4, 0.5) is 10.1 Å². The zero-order valence-electron chi connectivity index (χ0n) is 16.3. The van der Waals surface area contributed by atoms with Gasteiger partial charge in [0.25, 0.3) is 0 Å². The van der Waals surface area contributed by atoms with Gasteiger partial charge in [0.1, 0.15) is 24.2 Å². The first-order valence-corrected chi connectivity index (χ1v) is 10.7. The number of halogens is 1. The number of aryl methyl sites for hydroxylation is 1. The monoisotopic (exact) mass is 408 g/mol. The minimum absolute atomic E-state index is 0.170. The third-order valence-electron chi connectivity index (χ3n) is 4.15. The Hall–Kier alpha value is -2.61. The van der Waals surface area contributed by atoms with E-state index < -0.39 is 27.8 Å². The minimum atomic E-state index is -3.88. The Kier molecular flexibility index (Phi) is 7.01. The maximum Gasteiger partial charge on any atom is 0.243 e. The summed E-state index contributed by atoms with van der Waals surface area (Å²) in [6.45, 7) is 5.29. The van der Waals surface area contributed by atoms with Crippen molar-refractivity contribution in [1.82, 2.24) is 5.32 Å². The first kappa shape index (κ1) is 21.7. The molecule has 2 aromatic rings. The molecule has 0 saturated heterocycles. The predicted octanol–water partition coefficient (Wildman–Crippen LogP) is 2.87. The van der Waals surface area contributed by atoms with Gasteiger partial charge in [-0.05, 0) is 44.5 Å². The molecule has 0 radical (unpaired) electrons. The lowest BCUT2D eigenvalue weighted by atomic mass is 10.2. The Morgan fingerprint density at radius 1 is 1.14 bits per heavy atom. The molecule has 0 aromatic heterocycles. The summed E-state index contributed by atoms with van der Waals surface area (Å²) in [5.41, 5.74) is 0.800. The lowest BCUT2D eigenvalue weighted by Gasteiger charge is -2.29. The van der Waals surface area contributed by atoms with E-state index in [2.05, 4.69) is 5.32 Å². The van der Waals surface area contributed by atoms with Gasteiger partial charge in [-0.2, -0.15) is 0 Å². The number of anilines is 1. The van der Waals surface area contributed by atoms with Crippen LogP contribution in [-0.2, 0) is 14.8 Å². The fourth-order valence-corrected chi connectivity index (χ4v) is 3.93. The Labute approximate surface area is 165 Å². The summed E-state index contributed by atoms with van der Waals surface area (Å²) in [5, 5.41) is 2.72. The molecule has 0 spiro atoms. The van der Waals surface area contributed by atoms with E-state index in [1.54, 1.807) is 6.92 Å². The number of ether oxygens (including phenoxy) is 1. The van der Waals surface area contributed by atoms with Crippen molar-refractivity contribution in [2.24, 2.45) is 0 Å². The van der Waals surface area contributed by atoms with Crippen molar-refractivity contribution in [1.29, 1.82) is 0 Å². The molecule has 28 heavy (non-hydrogen) atoms. The summed E-state index contributed by atoms with van der Waals surface area (Å²) in [5.74, 6) is -0.557. The van der Waals surface area contributed by atoms with Crippen molar-refractivity contribution in [3.8, 4) is 5.75 Å². The second-order valence-corrected chi connectivity index (χ2v) is 8.53. The fraction of sp³-hybridized carbons (Fsp3) is 0.350. The topological polar surface area (TPSA) is 75.7 Å². The number of carbonyl (C=O) groups excluding carboxylic acids is 1. The number of para-hydroxylation sites is 2. The van der Waals surface area contributed by atoms with Gasteiger partial charge in [-0.3, -0.25) is 9.10 Å². The number of benzene rings is 2. The maximum atomic E-state index is 14.1. The molecule has 0 aliphatic heterocycles. The average Bonchev–Trinajstić information content (AvgIpc) is 2.61. The number of nitrogens with one attached hydrogen (secondary N) is 1. The molecule has 0 saturated carbocycles. The molecule has 2 rings (SSSR count). The van der Waals surface area contributed by atoms with Gasteiger partial charge in [0, 0.05) is 0 Å². The molecule has 0 fully saturated rings. The fourth-order valence-electron chi connectivity index (χ4n) is 2.75. The zero-order valence-corrected chi connectivity index (χ0v) is 17.2. The van der Waals surface area contributed by atoms with Crippen LogP contribution in [0.3, 0.4) is 0 Å². The Morgan fingerprint density at radius 3 is 2.36 bits per heavy atom. The molecule has 0 unspecified atom stereocenters. The van der Waals surface area contributed by atoms with E-state index in [0.29, 0.717) is 5.75 Å². The van der Waals surface area contributed by atoms with Gasteiger partial charge in [-0.1, -0.05) is 30.3 Å². The van der Waals surface area contributed by atoms with Crippen LogP contribution < -0.4 is 14.4 Å². The number of amides is 1. The highest BCUT2D eigenvalue weighted by molar-refractivity contribution is 7.92. The van der Waals surface area contributed by atoms with Crippen LogP contribution in [0, 0.1) is 12.7 Å². The van der Waals surface area contributed by atoms with Crippen LogP contribution in [0.15, 0.2) is 48.5 Å². The number of hydrogen-bond acceptors (Lipinski definition) is 4. The SMILES string of the molecule is Cc1ccccc1OC[C@@H](C)NC(=O)[C@H](C)N(c1ccccc1F)S(C)(=O)=O. The summed E-state index contributed by atoms with van der Waals surface area (Å²) >= 11 is 0. The number of carbonyl (C=O) groups is 1. The molecule has 8 heteroatoms. The molecule has 0 heterocycles. The van der Waals surface area contributed by atoms with Crippen molar-refractivity contribution in [2.45, 2.75) is 32.9 Å². The van der Waals surface area contributed by atoms with Gasteiger partial charge in [-0.15, -0.1) is 0 Å². The normalized spacial score (nSPS) is 13.5. The summed E-state index contributed by atoms with van der Waals surface area (Å²) in [6.07, 6.45) is 0.938. The molecule has 6 nitrogen and oxygen atoms in total. The number of nitrogens with zero attached hydrogens (tertiary/aromatic N) is 1. The number of sulfonamides is 1. The van der Waals surface area contributed by atoms with E-state index in [4.69, 9.17) is 4.74 Å². The predicted molar refractivity (Wildman–Crippen MR) is 107 cm³/mol. The van der Waals surface area contributed by atoms with Crippen LogP contribution >= 0.6 is 0 Å². The molecule has 2 aromatic carbocycles. The summed E-state index contributed by atoms with van der Waals surface area (Å²) in [4.78, 5) is 12.6. The van der Waals surface area contributed by atoms with Crippen molar-refractivity contribution in [3.63, 3.8) is 0 Å². The van der Waals surface area contributed by atoms with Gasteiger partial charge in [0.05, 0.1) is 18.0 Å². The van der Waals surface area contributed by atoms with Gasteiger partial charge in [0.15, 0.2) is 0 Å². The van der Waals surface area contributed by atoms with Gasteiger partial charge >= 0.3 is 0 Å². The van der Waals surface area contributed by atoms with Crippen LogP contribution in [0.1, 0.15) is 19.4 Å². The maximum absolute atomic E-state index is 14.1. The van der Waals surface area contributed by atoms with E-state index >= 15 is 0 Å². The van der Waals surface area contributed by atoms with E-state index in [9.17, 15) is 17.6 Å². The van der Waals surface area contributed by atoms with E-state index in [1.807, 2.05) is 31.2 Å². The van der Waals surface area contributed by atoms with E-state index in [0.717, 1.165) is 22.2 Å². The van der Waals surface area contributed by atoms with Crippen LogP contribution in [0.25, 0.3) is 0 Å². The van der Waals surface area contributed by atoms with E-state index in [1.165, 1.54) is 25.1 Å². The van der Waals surface area contributed by atoms with Gasteiger partial charge in [-0.25, -0.2) is 12.8 Å². The highest BCUT2D eigenvalue weighted by Gasteiger charge is 2.31. The summed E-state index contributed by atoms with van der Waals surface area (Å²) in [7, 11) is -3.88. The molecule has 1 amide bonds. The molecular formula is C20H25FN2O4S. The number of hydrogen-bond donors (Lipinski definition) is 1. The van der Waals surface area contributed by atoms with Crippen molar-refractivity contribution >= 4 is 21.6 Å². The molecular weight excluding hydrogens is 383 g/mol. The first-order chi connectivity index (χ1) is 13.1. The second kappa shape index (κ2) is 9.05. The van der Waals surface area contributed by atoms with Gasteiger partial charge < -0.3 is 10.1 Å². The Bertz CT molecular complexity index is 933. The molecule has 152 valence electrons. The molecule has 2 atom stereocenters. The summed E-state index contributed by atoms with van der Waals surface area (Å²) < 4.78 is 45.1. The number of rotatable bonds is 8. The lowest BCUT2D eigenvalue weighted by Crippen LogP contribution is -2.51. The zero-order chi connectivity index (χ0) is 20.9. The third kappa shape index (κ3) is 5.45. The smallest absolute Gasteiger partial charge is 0.243 e. The Balaban J connectivity index is 2.08. The van der Waals surface area contributed by atoms with Crippen LogP contribution in [-0.4, -0.2) is 39.3 Å². The molecule has 1 N–H and O–H groups in total. The van der Waals surface area contributed by atoms with E-state index in [-0.39, 0.29) is 18.3 Å². The average molecular weight is 408 g/mol. The highest BCUT2D eigenvalue weighted by atomic mass is 32.2. The molecule has 0 aliphatic carbocycles. The van der Waals surface area contributed by atoms with Crippen molar-refractivity contribution < 1.29 is 22.3 Å². The van der Waals surface area contributed by atoms with Crippen LogP contribution in [0.2, 0.25) is 0 Å². The third-order valence-corrected chi connectivity index (χ3v) is 5.38. The van der Waals surface area contributed by atoms with Crippen molar-refractivity contribution in [2.75, 3.05) is 17.2 Å². The largest absolute Gasteiger partial charge is 0.491 e. The Morgan fingerprint density at radius 2 is 1.75 bits per heavy atom. The lowest BCUT2D eigenvalue weighted by molar-refractivity contribution is -0.122. The first-order valence-electron chi connectivity index (χ1n) is 8.84. The summed E-state index contributed by atoms with van der Waals surface area (Å²) in [6, 6.07) is 11.4. The second-order valence-electron chi connectivity index (χ2n) is 6.67. The molecule has 0 bridgehead atoms. The van der Waals surface area contributed by atoms with Crippen LogP contribution in [0.5, 0.6) is 5.75 Å². The minimum Gasteiger partial charge on any atom is -0.491 e. The molecule has 0 aliphatic rings. The quantitative estimate of drug-likeness (QED) is 0.729. The van der Waals surface area contributed by atoms with Gasteiger partial charge in [0.2, 0.25) is 15.9 Å². The highest BCUT2D eigenvalue weighted by Crippen LogP contribution is 2.24. The standard InChI is InChI=1S/C20H25FN2O4S/c1-14-9-5-8-12-19(14)27-13-15(2)22-20(24)16(3)23(28(4,25)26)18-11-7-6-10-17(18)21/h5-12,15-16H,13H2,1-4H3,(H,22,24)/t15-,16+/m1/s1.